The maximum Gasteiger partial charge on any atom is 0.230 e. The Labute approximate surface area is 151 Å². The smallest absolute Gasteiger partial charge is 0.230 e. The van der Waals surface area contributed by atoms with Crippen molar-refractivity contribution in [3.05, 3.63) is 59.6 Å². The molecule has 7 nitrogen and oxygen atoms in total. The third-order valence-electron chi connectivity index (χ3n) is 3.31. The topological polar surface area (TPSA) is 85.6 Å². The van der Waals surface area contributed by atoms with E-state index in [2.05, 4.69) is 25.4 Å². The first-order valence-electron chi connectivity index (χ1n) is 7.37. The van der Waals surface area contributed by atoms with Crippen LogP contribution >= 0.6 is 22.7 Å². The van der Waals surface area contributed by atoms with Gasteiger partial charge in [-0.1, -0.05) is 6.07 Å². The fraction of sp³-hybridized carbons (Fsp3) is 0.0625. The van der Waals surface area contributed by atoms with Crippen LogP contribution in [0, 0.1) is 0 Å². The SMILES string of the molecule is O=C(Cc1csc(-c2cccs2)n1)Nc1ccc(-n2cncn2)nc1. The third kappa shape index (κ3) is 3.62. The zero-order chi connectivity index (χ0) is 17.1. The number of anilines is 1. The molecule has 0 aliphatic rings. The first-order valence-corrected chi connectivity index (χ1v) is 9.13. The molecule has 1 N–H and O–H groups in total. The van der Waals surface area contributed by atoms with Crippen LogP contribution in [0.5, 0.6) is 0 Å². The molecular formula is C16H12N6OS2. The van der Waals surface area contributed by atoms with Crippen molar-refractivity contribution in [2.75, 3.05) is 5.32 Å². The van der Waals surface area contributed by atoms with Crippen LogP contribution < -0.4 is 5.32 Å². The van der Waals surface area contributed by atoms with Gasteiger partial charge in [-0.15, -0.1) is 22.7 Å². The van der Waals surface area contributed by atoms with E-state index in [9.17, 15) is 4.79 Å². The average molecular weight is 368 g/mol. The van der Waals surface area contributed by atoms with Crippen molar-refractivity contribution < 1.29 is 4.79 Å². The summed E-state index contributed by atoms with van der Waals surface area (Å²) in [7, 11) is 0. The van der Waals surface area contributed by atoms with Gasteiger partial charge < -0.3 is 5.32 Å². The van der Waals surface area contributed by atoms with Crippen LogP contribution in [-0.2, 0) is 11.2 Å². The monoisotopic (exact) mass is 368 g/mol. The Balaban J connectivity index is 1.39. The second-order valence-corrected chi connectivity index (χ2v) is 6.90. The molecule has 0 aliphatic carbocycles. The molecule has 4 rings (SSSR count). The van der Waals surface area contributed by atoms with E-state index in [4.69, 9.17) is 0 Å². The lowest BCUT2D eigenvalue weighted by Crippen LogP contribution is -2.15. The lowest BCUT2D eigenvalue weighted by Gasteiger charge is -2.05. The minimum Gasteiger partial charge on any atom is -0.324 e. The predicted octanol–water partition coefficient (Wildman–Crippen LogP) is 3.03. The average Bonchev–Trinajstić information content (AvgIpc) is 3.37. The first-order chi connectivity index (χ1) is 12.3. The Morgan fingerprint density at radius 3 is 2.92 bits per heavy atom. The number of nitrogens with zero attached hydrogens (tertiary/aromatic N) is 5. The van der Waals surface area contributed by atoms with E-state index < -0.39 is 0 Å². The number of pyridine rings is 1. The van der Waals surface area contributed by atoms with Crippen molar-refractivity contribution in [3.63, 3.8) is 0 Å². The van der Waals surface area contributed by atoms with Gasteiger partial charge in [-0.2, -0.15) is 5.10 Å². The van der Waals surface area contributed by atoms with E-state index in [0.717, 1.165) is 15.6 Å². The third-order valence-corrected chi connectivity index (χ3v) is 5.24. The van der Waals surface area contributed by atoms with E-state index >= 15 is 0 Å². The quantitative estimate of drug-likeness (QED) is 0.585. The van der Waals surface area contributed by atoms with Crippen molar-refractivity contribution in [2.24, 2.45) is 0 Å². The molecule has 25 heavy (non-hydrogen) atoms. The standard InChI is InChI=1S/C16H12N6OS2/c23-15(6-12-8-25-16(21-12)13-2-1-5-24-13)20-11-3-4-14(18-7-11)22-10-17-9-19-22/h1-5,7-10H,6H2,(H,20,23). The van der Waals surface area contributed by atoms with Crippen molar-refractivity contribution in [1.29, 1.82) is 0 Å². The number of rotatable bonds is 5. The molecule has 1 amide bonds. The van der Waals surface area contributed by atoms with Crippen LogP contribution in [0.2, 0.25) is 0 Å². The number of nitrogens with one attached hydrogen (secondary N) is 1. The van der Waals surface area contributed by atoms with Gasteiger partial charge in [-0.05, 0) is 23.6 Å². The molecule has 0 bridgehead atoms. The second kappa shape index (κ2) is 6.91. The first kappa shape index (κ1) is 15.6. The van der Waals surface area contributed by atoms with E-state index in [1.54, 1.807) is 52.0 Å². The Morgan fingerprint density at radius 1 is 1.24 bits per heavy atom. The summed E-state index contributed by atoms with van der Waals surface area (Å²) in [5.41, 5.74) is 1.39. The highest BCUT2D eigenvalue weighted by Gasteiger charge is 2.10. The minimum absolute atomic E-state index is 0.127. The number of hydrogen-bond acceptors (Lipinski definition) is 7. The van der Waals surface area contributed by atoms with Crippen LogP contribution in [-0.4, -0.2) is 30.6 Å². The second-order valence-electron chi connectivity index (χ2n) is 5.09. The van der Waals surface area contributed by atoms with Gasteiger partial charge in [0.05, 0.1) is 28.9 Å². The van der Waals surface area contributed by atoms with Gasteiger partial charge in [-0.25, -0.2) is 19.6 Å². The highest BCUT2D eigenvalue weighted by molar-refractivity contribution is 7.20. The van der Waals surface area contributed by atoms with Crippen LogP contribution in [0.25, 0.3) is 15.7 Å². The maximum absolute atomic E-state index is 12.2. The van der Waals surface area contributed by atoms with Gasteiger partial charge >= 0.3 is 0 Å². The minimum atomic E-state index is -0.127. The molecule has 0 saturated carbocycles. The van der Waals surface area contributed by atoms with Crippen molar-refractivity contribution in [1.82, 2.24) is 24.7 Å². The molecule has 0 spiro atoms. The van der Waals surface area contributed by atoms with E-state index in [-0.39, 0.29) is 12.3 Å². The molecular weight excluding hydrogens is 356 g/mol. The predicted molar refractivity (Wildman–Crippen MR) is 96.9 cm³/mol. The summed E-state index contributed by atoms with van der Waals surface area (Å²) < 4.78 is 1.55. The number of hydrogen-bond donors (Lipinski definition) is 1. The lowest BCUT2D eigenvalue weighted by molar-refractivity contribution is -0.115. The van der Waals surface area contributed by atoms with Crippen LogP contribution in [0.15, 0.2) is 53.9 Å². The number of carbonyl (C=O) groups is 1. The van der Waals surface area contributed by atoms with E-state index in [1.165, 1.54) is 6.33 Å². The highest BCUT2D eigenvalue weighted by Crippen LogP contribution is 2.27. The molecule has 0 radical (unpaired) electrons. The molecule has 4 aromatic rings. The van der Waals surface area contributed by atoms with E-state index in [1.807, 2.05) is 22.9 Å². The molecule has 0 aliphatic heterocycles. The van der Waals surface area contributed by atoms with Crippen molar-refractivity contribution >= 4 is 34.3 Å². The maximum atomic E-state index is 12.2. The summed E-state index contributed by atoms with van der Waals surface area (Å²) in [5.74, 6) is 0.508. The van der Waals surface area contributed by atoms with Gasteiger partial charge in [0, 0.05) is 5.38 Å². The lowest BCUT2D eigenvalue weighted by atomic mass is 10.3. The van der Waals surface area contributed by atoms with Gasteiger partial charge in [0.15, 0.2) is 5.82 Å². The van der Waals surface area contributed by atoms with Gasteiger partial charge in [0.25, 0.3) is 0 Å². The molecule has 0 atom stereocenters. The fourth-order valence-corrected chi connectivity index (χ4v) is 3.83. The van der Waals surface area contributed by atoms with Crippen LogP contribution in [0.4, 0.5) is 5.69 Å². The number of carbonyl (C=O) groups excluding carboxylic acids is 1. The zero-order valence-corrected chi connectivity index (χ0v) is 14.5. The normalized spacial score (nSPS) is 10.7. The summed E-state index contributed by atoms with van der Waals surface area (Å²) in [6.07, 6.45) is 4.82. The number of thiophene rings is 1. The summed E-state index contributed by atoms with van der Waals surface area (Å²) in [5, 5.41) is 11.7. The van der Waals surface area contributed by atoms with Crippen LogP contribution in [0.3, 0.4) is 0 Å². The van der Waals surface area contributed by atoms with Crippen LogP contribution in [0.1, 0.15) is 5.69 Å². The Bertz CT molecular complexity index is 961. The Morgan fingerprint density at radius 2 is 2.20 bits per heavy atom. The number of thiazole rings is 1. The summed E-state index contributed by atoms with van der Waals surface area (Å²) >= 11 is 3.19. The summed E-state index contributed by atoms with van der Waals surface area (Å²) in [6, 6.07) is 7.56. The molecule has 124 valence electrons. The Hall–Kier alpha value is -2.91. The molecule has 0 saturated heterocycles. The largest absolute Gasteiger partial charge is 0.324 e. The molecule has 9 heteroatoms. The molecule has 0 fully saturated rings. The summed E-state index contributed by atoms with van der Waals surface area (Å²) in [6.45, 7) is 0. The number of amides is 1. The highest BCUT2D eigenvalue weighted by atomic mass is 32.1. The Kier molecular flexibility index (Phi) is 4.32. The van der Waals surface area contributed by atoms with Crippen molar-refractivity contribution in [2.45, 2.75) is 6.42 Å². The van der Waals surface area contributed by atoms with Gasteiger partial charge in [-0.3, -0.25) is 4.79 Å². The fourth-order valence-electron chi connectivity index (χ4n) is 2.19. The van der Waals surface area contributed by atoms with Gasteiger partial charge in [0.1, 0.15) is 17.7 Å². The van der Waals surface area contributed by atoms with Gasteiger partial charge in [0.2, 0.25) is 5.91 Å². The zero-order valence-electron chi connectivity index (χ0n) is 12.9. The number of aromatic nitrogens is 5. The van der Waals surface area contributed by atoms with Crippen molar-refractivity contribution in [3.8, 4) is 15.7 Å². The molecule has 4 aromatic heterocycles. The summed E-state index contributed by atoms with van der Waals surface area (Å²) in [4.78, 5) is 25.9. The molecule has 0 unspecified atom stereocenters. The van der Waals surface area contributed by atoms with E-state index in [0.29, 0.717) is 11.5 Å². The molecule has 0 aromatic carbocycles. The molecule has 4 heterocycles.